The van der Waals surface area contributed by atoms with Crippen LogP contribution in [0.1, 0.15) is 58.6 Å². The number of nitrogens with zero attached hydrogens (tertiary/aromatic N) is 2. The highest BCUT2D eigenvalue weighted by atomic mass is 19.1. The molecule has 2 aromatic carbocycles. The number of rotatable bonds is 4. The normalized spacial score (nSPS) is 21.6. The molecule has 0 radical (unpaired) electrons. The molecule has 0 saturated carbocycles. The Morgan fingerprint density at radius 2 is 1.83 bits per heavy atom. The second-order valence-corrected chi connectivity index (χ2v) is 9.84. The third kappa shape index (κ3) is 3.91. The zero-order valence-electron chi connectivity index (χ0n) is 19.4. The number of H-pyrrole nitrogens is 1. The van der Waals surface area contributed by atoms with Crippen molar-refractivity contribution >= 4 is 28.6 Å². The SMILES string of the molecule is O=C1CCC(N2Cc3cc(C4CCN(Cc5c[nH]c6ccccc56)CC4)c(F)cc3C2=O)C(=O)N1. The van der Waals surface area contributed by atoms with E-state index in [0.717, 1.165) is 43.6 Å². The molecule has 3 amide bonds. The number of benzene rings is 2. The molecule has 4 heterocycles. The molecule has 2 fully saturated rings. The Morgan fingerprint density at radius 1 is 1.03 bits per heavy atom. The van der Waals surface area contributed by atoms with Crippen LogP contribution in [0.2, 0.25) is 0 Å². The minimum Gasteiger partial charge on any atom is -0.361 e. The molecule has 0 aliphatic carbocycles. The van der Waals surface area contributed by atoms with Gasteiger partial charge in [0, 0.05) is 42.2 Å². The fourth-order valence-corrected chi connectivity index (χ4v) is 5.83. The smallest absolute Gasteiger partial charge is 0.255 e. The van der Waals surface area contributed by atoms with Gasteiger partial charge in [-0.25, -0.2) is 4.39 Å². The second-order valence-electron chi connectivity index (χ2n) is 9.84. The first-order valence-corrected chi connectivity index (χ1v) is 12.2. The van der Waals surface area contributed by atoms with Crippen molar-refractivity contribution in [3.63, 3.8) is 0 Å². The molecule has 1 unspecified atom stereocenters. The number of hydrogen-bond acceptors (Lipinski definition) is 4. The number of carbonyl (C=O) groups is 3. The van der Waals surface area contributed by atoms with Crippen molar-refractivity contribution in [3.8, 4) is 0 Å². The number of nitrogens with one attached hydrogen (secondary N) is 2. The maximum atomic E-state index is 15.2. The highest BCUT2D eigenvalue weighted by Crippen LogP contribution is 2.36. The van der Waals surface area contributed by atoms with Crippen molar-refractivity contribution in [2.24, 2.45) is 0 Å². The molecular weight excluding hydrogens is 447 g/mol. The lowest BCUT2D eigenvalue weighted by Crippen LogP contribution is -2.52. The molecule has 2 N–H and O–H groups in total. The van der Waals surface area contributed by atoms with Gasteiger partial charge in [-0.1, -0.05) is 24.3 Å². The fourth-order valence-electron chi connectivity index (χ4n) is 5.83. The molecule has 2 saturated heterocycles. The van der Waals surface area contributed by atoms with Gasteiger partial charge in [-0.05, 0) is 67.1 Å². The van der Waals surface area contributed by atoms with Crippen LogP contribution in [0.4, 0.5) is 4.39 Å². The van der Waals surface area contributed by atoms with Gasteiger partial charge >= 0.3 is 0 Å². The number of amides is 3. The Morgan fingerprint density at radius 3 is 2.63 bits per heavy atom. The first kappa shape index (κ1) is 22.0. The summed E-state index contributed by atoms with van der Waals surface area (Å²) < 4.78 is 15.2. The average Bonchev–Trinajstić information content (AvgIpc) is 3.40. The van der Waals surface area contributed by atoms with E-state index in [2.05, 4.69) is 39.6 Å². The van der Waals surface area contributed by atoms with Crippen LogP contribution in [-0.2, 0) is 22.7 Å². The monoisotopic (exact) mass is 474 g/mol. The summed E-state index contributed by atoms with van der Waals surface area (Å²) in [5, 5.41) is 3.55. The molecule has 7 nitrogen and oxygen atoms in total. The van der Waals surface area contributed by atoms with Crippen LogP contribution in [0.5, 0.6) is 0 Å². The maximum Gasteiger partial charge on any atom is 0.255 e. The van der Waals surface area contributed by atoms with Gasteiger partial charge in [0.1, 0.15) is 11.9 Å². The van der Waals surface area contributed by atoms with Gasteiger partial charge in [0.05, 0.1) is 0 Å². The van der Waals surface area contributed by atoms with Gasteiger partial charge in [-0.2, -0.15) is 0 Å². The van der Waals surface area contributed by atoms with Crippen LogP contribution in [0, 0.1) is 5.82 Å². The number of fused-ring (bicyclic) bond motifs is 2. The summed E-state index contributed by atoms with van der Waals surface area (Å²) in [6.45, 7) is 2.88. The average molecular weight is 475 g/mol. The molecule has 8 heteroatoms. The van der Waals surface area contributed by atoms with E-state index in [4.69, 9.17) is 0 Å². The van der Waals surface area contributed by atoms with E-state index in [0.29, 0.717) is 17.5 Å². The van der Waals surface area contributed by atoms with Gasteiger partial charge in [-0.15, -0.1) is 0 Å². The topological polar surface area (TPSA) is 85.5 Å². The Kier molecular flexibility index (Phi) is 5.40. The summed E-state index contributed by atoms with van der Waals surface area (Å²) in [5.41, 5.74) is 4.16. The quantitative estimate of drug-likeness (QED) is 0.568. The van der Waals surface area contributed by atoms with Crippen molar-refractivity contribution in [2.75, 3.05) is 13.1 Å². The van der Waals surface area contributed by atoms with E-state index in [1.807, 2.05) is 12.1 Å². The Labute approximate surface area is 202 Å². The molecule has 3 aromatic rings. The standard InChI is InChI=1S/C27H27FN4O3/c28-22-12-21-17(15-32(27(21)35)24-5-6-25(33)30-26(24)34)11-20(22)16-7-9-31(10-8-16)14-18-13-29-23-4-2-1-3-19(18)23/h1-4,11-13,16,24,29H,5-10,14-15H2,(H,30,33,34). The Balaban J connectivity index is 1.14. The summed E-state index contributed by atoms with van der Waals surface area (Å²) in [6.07, 6.45) is 4.27. The van der Waals surface area contributed by atoms with Crippen molar-refractivity contribution < 1.29 is 18.8 Å². The van der Waals surface area contributed by atoms with E-state index in [9.17, 15) is 14.4 Å². The molecule has 1 aromatic heterocycles. The van der Waals surface area contributed by atoms with Gasteiger partial charge < -0.3 is 9.88 Å². The van der Waals surface area contributed by atoms with Crippen LogP contribution in [0.3, 0.4) is 0 Å². The fraction of sp³-hybridized carbons (Fsp3) is 0.370. The van der Waals surface area contributed by atoms with E-state index < -0.39 is 11.9 Å². The maximum absolute atomic E-state index is 15.2. The summed E-state index contributed by atoms with van der Waals surface area (Å²) in [5.74, 6) is -1.37. The molecule has 35 heavy (non-hydrogen) atoms. The predicted octanol–water partition coefficient (Wildman–Crippen LogP) is 3.45. The Bertz CT molecular complexity index is 1340. The van der Waals surface area contributed by atoms with Crippen LogP contribution >= 0.6 is 0 Å². The number of imide groups is 1. The van der Waals surface area contributed by atoms with Crippen LogP contribution < -0.4 is 5.32 Å². The molecule has 3 aliphatic rings. The number of hydrogen-bond donors (Lipinski definition) is 2. The molecule has 180 valence electrons. The zero-order valence-corrected chi connectivity index (χ0v) is 19.4. The predicted molar refractivity (Wildman–Crippen MR) is 128 cm³/mol. The first-order valence-electron chi connectivity index (χ1n) is 12.2. The third-order valence-electron chi connectivity index (χ3n) is 7.74. The van der Waals surface area contributed by atoms with Gasteiger partial charge in [0.15, 0.2) is 0 Å². The highest BCUT2D eigenvalue weighted by molar-refractivity contribution is 6.05. The van der Waals surface area contributed by atoms with Gasteiger partial charge in [-0.3, -0.25) is 24.6 Å². The molecular formula is C27H27FN4O3. The Hall–Kier alpha value is -3.52. The lowest BCUT2D eigenvalue weighted by atomic mass is 9.87. The first-order chi connectivity index (χ1) is 17.0. The molecule has 1 atom stereocenters. The summed E-state index contributed by atoms with van der Waals surface area (Å²) in [6, 6.07) is 10.8. The number of halogens is 1. The number of aromatic nitrogens is 1. The number of piperidine rings is 2. The lowest BCUT2D eigenvalue weighted by molar-refractivity contribution is -0.136. The summed E-state index contributed by atoms with van der Waals surface area (Å²) in [4.78, 5) is 43.9. The second kappa shape index (κ2) is 8.61. The number of likely N-dealkylation sites (tertiary alicyclic amines) is 1. The summed E-state index contributed by atoms with van der Waals surface area (Å²) in [7, 11) is 0. The number of para-hydroxylation sites is 1. The molecule has 0 spiro atoms. The van der Waals surface area contributed by atoms with Crippen molar-refractivity contribution in [3.05, 3.63) is 70.7 Å². The van der Waals surface area contributed by atoms with Crippen molar-refractivity contribution in [1.29, 1.82) is 0 Å². The van der Waals surface area contributed by atoms with Crippen molar-refractivity contribution in [1.82, 2.24) is 20.1 Å². The van der Waals surface area contributed by atoms with E-state index in [1.54, 1.807) is 0 Å². The van der Waals surface area contributed by atoms with Crippen LogP contribution in [-0.4, -0.2) is 51.6 Å². The van der Waals surface area contributed by atoms with E-state index in [-0.39, 0.29) is 36.5 Å². The van der Waals surface area contributed by atoms with E-state index >= 15 is 4.39 Å². The lowest BCUT2D eigenvalue weighted by Gasteiger charge is -2.32. The van der Waals surface area contributed by atoms with Gasteiger partial charge in [0.25, 0.3) is 5.91 Å². The van der Waals surface area contributed by atoms with Gasteiger partial charge in [0.2, 0.25) is 11.8 Å². The zero-order chi connectivity index (χ0) is 24.1. The largest absolute Gasteiger partial charge is 0.361 e. The molecule has 6 rings (SSSR count). The van der Waals surface area contributed by atoms with Crippen LogP contribution in [0.25, 0.3) is 10.9 Å². The van der Waals surface area contributed by atoms with Crippen LogP contribution in [0.15, 0.2) is 42.6 Å². The minimum absolute atomic E-state index is 0.0965. The van der Waals surface area contributed by atoms with E-state index in [1.165, 1.54) is 21.9 Å². The van der Waals surface area contributed by atoms with Crippen molar-refractivity contribution in [2.45, 2.75) is 50.7 Å². The summed E-state index contributed by atoms with van der Waals surface area (Å²) >= 11 is 0. The number of carbonyl (C=O) groups excluding carboxylic acids is 3. The molecule has 0 bridgehead atoms. The minimum atomic E-state index is -0.688. The third-order valence-corrected chi connectivity index (χ3v) is 7.74. The molecule has 3 aliphatic heterocycles. The number of aromatic amines is 1. The highest BCUT2D eigenvalue weighted by Gasteiger charge is 2.40.